The summed E-state index contributed by atoms with van der Waals surface area (Å²) in [5, 5.41) is 1.26. The van der Waals surface area contributed by atoms with Crippen LogP contribution in [-0.4, -0.2) is 9.97 Å². The summed E-state index contributed by atoms with van der Waals surface area (Å²) in [7, 11) is 0. The van der Waals surface area contributed by atoms with Crippen LogP contribution in [0.3, 0.4) is 0 Å². The van der Waals surface area contributed by atoms with Crippen LogP contribution in [0.15, 0.2) is 12.1 Å². The highest BCUT2D eigenvalue weighted by atomic mass is 14.9. The maximum atomic E-state index is 5.65. The minimum absolute atomic E-state index is 0.594. The van der Waals surface area contributed by atoms with E-state index in [-0.39, 0.29) is 0 Å². The summed E-state index contributed by atoms with van der Waals surface area (Å²) in [6, 6.07) is 3.96. The van der Waals surface area contributed by atoms with Crippen molar-refractivity contribution in [2.75, 3.05) is 5.73 Å². The Bertz CT molecular complexity index is 484. The first kappa shape index (κ1) is 7.85. The molecule has 3 nitrogen and oxygen atoms in total. The van der Waals surface area contributed by atoms with Crippen molar-refractivity contribution in [1.82, 2.24) is 9.97 Å². The minimum atomic E-state index is 0.594. The molecular weight excluding hydrogens is 174 g/mol. The van der Waals surface area contributed by atoms with Gasteiger partial charge in [-0.05, 0) is 43.4 Å². The zero-order chi connectivity index (χ0) is 9.54. The topological polar surface area (TPSA) is 54.7 Å². The minimum Gasteiger partial charge on any atom is -0.384 e. The van der Waals surface area contributed by atoms with E-state index in [1.165, 1.54) is 35.9 Å². The molecular formula is C11H13N3. The number of nitrogens with zero attached hydrogens (tertiary/aromatic N) is 1. The van der Waals surface area contributed by atoms with Gasteiger partial charge >= 0.3 is 0 Å². The smallest absolute Gasteiger partial charge is 0.140 e. The van der Waals surface area contributed by atoms with Crippen LogP contribution in [0.2, 0.25) is 0 Å². The van der Waals surface area contributed by atoms with E-state index in [4.69, 9.17) is 5.73 Å². The van der Waals surface area contributed by atoms with Crippen LogP contribution in [-0.2, 0) is 12.8 Å². The van der Waals surface area contributed by atoms with Crippen LogP contribution < -0.4 is 5.73 Å². The van der Waals surface area contributed by atoms with Crippen molar-refractivity contribution in [3.63, 3.8) is 0 Å². The lowest BCUT2D eigenvalue weighted by Crippen LogP contribution is -1.99. The summed E-state index contributed by atoms with van der Waals surface area (Å²) >= 11 is 0. The molecule has 3 heteroatoms. The highest BCUT2D eigenvalue weighted by Crippen LogP contribution is 2.28. The third kappa shape index (κ3) is 1.02. The van der Waals surface area contributed by atoms with Crippen LogP contribution in [0.5, 0.6) is 0 Å². The molecule has 0 aromatic carbocycles. The fraction of sp³-hybridized carbons (Fsp3) is 0.364. The summed E-state index contributed by atoms with van der Waals surface area (Å²) in [6.45, 7) is 0. The quantitative estimate of drug-likeness (QED) is 0.663. The molecule has 0 radical (unpaired) electrons. The lowest BCUT2D eigenvalue weighted by atomic mass is 9.96. The molecule has 2 aromatic heterocycles. The first-order valence-corrected chi connectivity index (χ1v) is 5.10. The number of aromatic amines is 1. The molecule has 2 heterocycles. The van der Waals surface area contributed by atoms with Crippen molar-refractivity contribution >= 4 is 16.9 Å². The van der Waals surface area contributed by atoms with Gasteiger partial charge in [0.2, 0.25) is 0 Å². The van der Waals surface area contributed by atoms with E-state index >= 15 is 0 Å². The molecule has 2 aromatic rings. The molecule has 0 unspecified atom stereocenters. The number of pyridine rings is 1. The third-order valence-corrected chi connectivity index (χ3v) is 2.98. The summed E-state index contributed by atoms with van der Waals surface area (Å²) in [5.74, 6) is 0.594. The molecule has 1 aliphatic carbocycles. The molecule has 3 N–H and O–H groups in total. The summed E-state index contributed by atoms with van der Waals surface area (Å²) in [5.41, 5.74) is 9.43. The van der Waals surface area contributed by atoms with Crippen LogP contribution in [0.4, 0.5) is 5.82 Å². The maximum absolute atomic E-state index is 5.65. The van der Waals surface area contributed by atoms with Crippen molar-refractivity contribution < 1.29 is 0 Å². The molecule has 0 amide bonds. The standard InChI is InChI=1S/C11H13N3/c12-10-6-5-8-7-3-1-2-4-9(7)13-11(8)14-10/h5-6H,1-4H2,(H3,12,13,14). The fourth-order valence-electron chi connectivity index (χ4n) is 2.30. The number of nitrogens with one attached hydrogen (secondary N) is 1. The number of hydrogen-bond acceptors (Lipinski definition) is 2. The van der Waals surface area contributed by atoms with Gasteiger partial charge < -0.3 is 10.7 Å². The number of aryl methyl sites for hydroxylation is 2. The average molecular weight is 187 g/mol. The highest BCUT2D eigenvalue weighted by molar-refractivity contribution is 5.82. The Hall–Kier alpha value is -1.51. The molecule has 14 heavy (non-hydrogen) atoms. The van der Waals surface area contributed by atoms with Crippen LogP contribution >= 0.6 is 0 Å². The number of rotatable bonds is 0. The number of nitrogen functional groups attached to an aromatic ring is 1. The van der Waals surface area contributed by atoms with Gasteiger partial charge in [0, 0.05) is 11.1 Å². The number of hydrogen-bond donors (Lipinski definition) is 2. The lowest BCUT2D eigenvalue weighted by Gasteiger charge is -2.09. The summed E-state index contributed by atoms with van der Waals surface area (Å²) in [6.07, 6.45) is 4.92. The lowest BCUT2D eigenvalue weighted by molar-refractivity contribution is 0.680. The van der Waals surface area contributed by atoms with E-state index in [0.29, 0.717) is 5.82 Å². The predicted octanol–water partition coefficient (Wildman–Crippen LogP) is 2.02. The van der Waals surface area contributed by atoms with Gasteiger partial charge in [0.25, 0.3) is 0 Å². The van der Waals surface area contributed by atoms with Crippen molar-refractivity contribution in [1.29, 1.82) is 0 Å². The Labute approximate surface area is 82.3 Å². The monoisotopic (exact) mass is 187 g/mol. The van der Waals surface area contributed by atoms with E-state index in [9.17, 15) is 0 Å². The van der Waals surface area contributed by atoms with E-state index in [1.54, 1.807) is 0 Å². The van der Waals surface area contributed by atoms with E-state index < -0.39 is 0 Å². The summed E-state index contributed by atoms with van der Waals surface area (Å²) < 4.78 is 0. The number of nitrogens with two attached hydrogens (primary N) is 1. The number of aromatic nitrogens is 2. The average Bonchev–Trinajstić information content (AvgIpc) is 2.54. The number of fused-ring (bicyclic) bond motifs is 3. The van der Waals surface area contributed by atoms with E-state index in [0.717, 1.165) is 12.1 Å². The first-order chi connectivity index (χ1) is 6.84. The molecule has 1 aliphatic rings. The van der Waals surface area contributed by atoms with Gasteiger partial charge in [-0.1, -0.05) is 0 Å². The maximum Gasteiger partial charge on any atom is 0.140 e. The molecule has 72 valence electrons. The van der Waals surface area contributed by atoms with Crippen LogP contribution in [0.1, 0.15) is 24.1 Å². The van der Waals surface area contributed by atoms with Gasteiger partial charge in [-0.15, -0.1) is 0 Å². The Kier molecular flexibility index (Phi) is 1.54. The second kappa shape index (κ2) is 2.74. The third-order valence-electron chi connectivity index (χ3n) is 2.98. The van der Waals surface area contributed by atoms with Crippen molar-refractivity contribution in [3.05, 3.63) is 23.4 Å². The largest absolute Gasteiger partial charge is 0.384 e. The molecule has 0 bridgehead atoms. The van der Waals surface area contributed by atoms with Crippen LogP contribution in [0, 0.1) is 0 Å². The molecule has 0 spiro atoms. The molecule has 0 atom stereocenters. The molecule has 0 aliphatic heterocycles. The molecule has 0 fully saturated rings. The number of H-pyrrole nitrogens is 1. The van der Waals surface area contributed by atoms with E-state index in [1.807, 2.05) is 6.07 Å². The predicted molar refractivity (Wildman–Crippen MR) is 57.1 cm³/mol. The zero-order valence-electron chi connectivity index (χ0n) is 8.01. The van der Waals surface area contributed by atoms with Gasteiger partial charge in [-0.2, -0.15) is 0 Å². The summed E-state index contributed by atoms with van der Waals surface area (Å²) in [4.78, 5) is 7.67. The van der Waals surface area contributed by atoms with Gasteiger partial charge in [-0.25, -0.2) is 4.98 Å². The number of anilines is 1. The van der Waals surface area contributed by atoms with Gasteiger partial charge in [0.15, 0.2) is 0 Å². The second-order valence-corrected chi connectivity index (χ2v) is 3.92. The Balaban J connectivity index is 2.31. The Morgan fingerprint density at radius 2 is 2.07 bits per heavy atom. The SMILES string of the molecule is Nc1ccc2c3c([nH]c2n1)CCCC3. The van der Waals surface area contributed by atoms with E-state index in [2.05, 4.69) is 16.0 Å². The second-order valence-electron chi connectivity index (χ2n) is 3.92. The molecule has 3 rings (SSSR count). The van der Waals surface area contributed by atoms with Gasteiger partial charge in [-0.3, -0.25) is 0 Å². The van der Waals surface area contributed by atoms with Gasteiger partial charge in [0.1, 0.15) is 11.5 Å². The molecule has 0 saturated carbocycles. The Morgan fingerprint density at radius 1 is 1.21 bits per heavy atom. The normalized spacial score (nSPS) is 15.7. The highest BCUT2D eigenvalue weighted by Gasteiger charge is 2.15. The zero-order valence-corrected chi connectivity index (χ0v) is 8.01. The first-order valence-electron chi connectivity index (χ1n) is 5.10. The molecule has 0 saturated heterocycles. The fourth-order valence-corrected chi connectivity index (χ4v) is 2.30. The van der Waals surface area contributed by atoms with Crippen molar-refractivity contribution in [2.24, 2.45) is 0 Å². The van der Waals surface area contributed by atoms with Crippen molar-refractivity contribution in [2.45, 2.75) is 25.7 Å². The van der Waals surface area contributed by atoms with Crippen LogP contribution in [0.25, 0.3) is 11.0 Å². The van der Waals surface area contributed by atoms with Gasteiger partial charge in [0.05, 0.1) is 0 Å². The Morgan fingerprint density at radius 3 is 3.00 bits per heavy atom. The van der Waals surface area contributed by atoms with Crippen molar-refractivity contribution in [3.8, 4) is 0 Å².